The Morgan fingerprint density at radius 2 is 1.13 bits per heavy atom. The third-order valence-corrected chi connectivity index (χ3v) is 9.32. The van der Waals surface area contributed by atoms with E-state index in [4.69, 9.17) is 18.5 Å². The van der Waals surface area contributed by atoms with Crippen LogP contribution in [0.5, 0.6) is 5.75 Å². The highest BCUT2D eigenvalue weighted by molar-refractivity contribution is 7.54. The minimum absolute atomic E-state index is 0.0456. The van der Waals surface area contributed by atoms with Crippen LogP contribution in [0.25, 0.3) is 0 Å². The minimum Gasteiger partial charge on any atom is -0.489 e. The lowest BCUT2D eigenvalue weighted by Crippen LogP contribution is -2.51. The van der Waals surface area contributed by atoms with Gasteiger partial charge in [0, 0.05) is 12.8 Å². The van der Waals surface area contributed by atoms with E-state index < -0.39 is 31.4 Å². The average molecular weight is 645 g/mol. The standard InChI is InChI=1S/C36H41N2O7P/c1-3-44-46(41,45-4-2)34(25-29-20-22-32(23-21-29)42-26-30-16-10-6-11-17-30)38-35(39)33(24-28-14-8-5-9-15-28)37-36(40)43-27-31-18-12-7-13-19-31/h5-23,33-34H,3-4,24-27H2,1-2H3,(H,37,40)(H,38,39)/t33-,34?/m0/s1. The minimum atomic E-state index is -3.83. The molecule has 1 unspecified atom stereocenters. The quantitative estimate of drug-likeness (QED) is 0.118. The second-order valence-corrected chi connectivity index (χ2v) is 12.7. The van der Waals surface area contributed by atoms with E-state index in [-0.39, 0.29) is 32.7 Å². The van der Waals surface area contributed by atoms with E-state index in [0.717, 1.165) is 22.3 Å². The number of benzene rings is 4. The van der Waals surface area contributed by atoms with E-state index in [0.29, 0.717) is 12.4 Å². The number of hydrogen-bond acceptors (Lipinski definition) is 7. The molecule has 0 aromatic heterocycles. The van der Waals surface area contributed by atoms with Crippen molar-refractivity contribution in [2.45, 2.75) is 51.7 Å². The highest BCUT2D eigenvalue weighted by Gasteiger charge is 2.38. The molecule has 2 N–H and O–H groups in total. The first-order valence-electron chi connectivity index (χ1n) is 15.3. The molecule has 0 bridgehead atoms. The zero-order chi connectivity index (χ0) is 32.6. The fourth-order valence-electron chi connectivity index (χ4n) is 4.74. The number of amides is 2. The maximum absolute atomic E-state index is 14.0. The molecule has 4 rings (SSSR count). The van der Waals surface area contributed by atoms with Crippen LogP contribution in [0, 0.1) is 0 Å². The second-order valence-electron chi connectivity index (χ2n) is 10.5. The molecular weight excluding hydrogens is 603 g/mol. The van der Waals surface area contributed by atoms with E-state index in [1.165, 1.54) is 0 Å². The van der Waals surface area contributed by atoms with Crippen LogP contribution in [0.3, 0.4) is 0 Å². The second kappa shape index (κ2) is 17.9. The molecule has 46 heavy (non-hydrogen) atoms. The van der Waals surface area contributed by atoms with Gasteiger partial charge in [0.1, 0.15) is 30.8 Å². The molecule has 0 radical (unpaired) electrons. The molecule has 0 heterocycles. The van der Waals surface area contributed by atoms with Crippen molar-refractivity contribution in [1.82, 2.24) is 10.6 Å². The molecule has 242 valence electrons. The summed E-state index contributed by atoms with van der Waals surface area (Å²) in [6.45, 7) is 4.13. The first-order valence-corrected chi connectivity index (χ1v) is 17.0. The maximum Gasteiger partial charge on any atom is 0.408 e. The molecule has 2 amide bonds. The van der Waals surface area contributed by atoms with Crippen LogP contribution in [0.2, 0.25) is 0 Å². The van der Waals surface area contributed by atoms with Crippen molar-refractivity contribution in [2.24, 2.45) is 0 Å². The van der Waals surface area contributed by atoms with Gasteiger partial charge in [-0.15, -0.1) is 0 Å². The molecule has 9 nitrogen and oxygen atoms in total. The van der Waals surface area contributed by atoms with Gasteiger partial charge < -0.3 is 29.2 Å². The number of alkyl carbamates (subject to hydrolysis) is 1. The lowest BCUT2D eigenvalue weighted by Gasteiger charge is -2.29. The Labute approximate surface area is 270 Å². The number of hydrogen-bond donors (Lipinski definition) is 2. The molecule has 0 saturated carbocycles. The molecule has 0 aliphatic carbocycles. The molecule has 4 aromatic carbocycles. The Morgan fingerprint density at radius 1 is 0.630 bits per heavy atom. The van der Waals surface area contributed by atoms with Gasteiger partial charge in [-0.1, -0.05) is 103 Å². The lowest BCUT2D eigenvalue weighted by molar-refractivity contribution is -0.123. The van der Waals surface area contributed by atoms with E-state index in [2.05, 4.69) is 10.6 Å². The van der Waals surface area contributed by atoms with Crippen molar-refractivity contribution in [2.75, 3.05) is 13.2 Å². The monoisotopic (exact) mass is 644 g/mol. The Hall–Kier alpha value is -4.43. The first-order chi connectivity index (χ1) is 22.4. The summed E-state index contributed by atoms with van der Waals surface area (Å²) in [6, 6.07) is 34.7. The van der Waals surface area contributed by atoms with Crippen molar-refractivity contribution in [3.8, 4) is 5.75 Å². The number of nitrogens with one attached hydrogen (secondary N) is 2. The number of rotatable bonds is 17. The first kappa shape index (κ1) is 34.4. The molecule has 0 aliphatic rings. The van der Waals surface area contributed by atoms with E-state index in [1.807, 2.05) is 115 Å². The van der Waals surface area contributed by atoms with Crippen molar-refractivity contribution in [3.63, 3.8) is 0 Å². The Kier molecular flexibility index (Phi) is 13.4. The summed E-state index contributed by atoms with van der Waals surface area (Å²) in [5.74, 6) is -0.906. The highest BCUT2D eigenvalue weighted by atomic mass is 31.2. The molecule has 0 aliphatic heterocycles. The van der Waals surface area contributed by atoms with Crippen LogP contribution in [-0.2, 0) is 49.2 Å². The summed E-state index contributed by atoms with van der Waals surface area (Å²) < 4.78 is 36.7. The molecule has 0 spiro atoms. The molecule has 4 aromatic rings. The van der Waals surface area contributed by atoms with Gasteiger partial charge in [-0.2, -0.15) is 0 Å². The van der Waals surface area contributed by atoms with E-state index >= 15 is 0 Å². The predicted octanol–water partition coefficient (Wildman–Crippen LogP) is 7.05. The van der Waals surface area contributed by atoms with Gasteiger partial charge in [0.2, 0.25) is 5.91 Å². The maximum atomic E-state index is 14.0. The van der Waals surface area contributed by atoms with Crippen LogP contribution < -0.4 is 15.4 Å². The third kappa shape index (κ3) is 10.9. The lowest BCUT2D eigenvalue weighted by atomic mass is 10.1. The predicted molar refractivity (Wildman–Crippen MR) is 177 cm³/mol. The molecular formula is C36H41N2O7P. The summed E-state index contributed by atoms with van der Waals surface area (Å²) in [5.41, 5.74) is 3.47. The van der Waals surface area contributed by atoms with Crippen LogP contribution >= 0.6 is 7.60 Å². The number of carbonyl (C=O) groups excluding carboxylic acids is 2. The number of ether oxygens (including phenoxy) is 2. The van der Waals surface area contributed by atoms with Crippen LogP contribution in [-0.4, -0.2) is 37.0 Å². The summed E-state index contributed by atoms with van der Waals surface area (Å²) >= 11 is 0. The average Bonchev–Trinajstić information content (AvgIpc) is 3.08. The van der Waals surface area contributed by atoms with Gasteiger partial charge in [0.25, 0.3) is 0 Å². The summed E-state index contributed by atoms with van der Waals surface area (Å²) in [5, 5.41) is 5.58. The smallest absolute Gasteiger partial charge is 0.408 e. The Balaban J connectivity index is 1.50. The molecule has 10 heteroatoms. The fraction of sp³-hybridized carbons (Fsp3) is 0.278. The van der Waals surface area contributed by atoms with Gasteiger partial charge in [-0.05, 0) is 48.2 Å². The van der Waals surface area contributed by atoms with Gasteiger partial charge in [0.15, 0.2) is 0 Å². The van der Waals surface area contributed by atoms with Gasteiger partial charge in [-0.3, -0.25) is 9.36 Å². The molecule has 0 saturated heterocycles. The fourth-order valence-corrected chi connectivity index (χ4v) is 6.61. The van der Waals surface area contributed by atoms with E-state index in [1.54, 1.807) is 13.8 Å². The van der Waals surface area contributed by atoms with Gasteiger partial charge >= 0.3 is 13.7 Å². The van der Waals surface area contributed by atoms with Crippen LogP contribution in [0.1, 0.15) is 36.1 Å². The summed E-state index contributed by atoms with van der Waals surface area (Å²) in [6.07, 6.45) is -0.417. The van der Waals surface area contributed by atoms with E-state index in [9.17, 15) is 14.2 Å². The molecule has 0 fully saturated rings. The van der Waals surface area contributed by atoms with Crippen molar-refractivity contribution < 1.29 is 32.7 Å². The highest BCUT2D eigenvalue weighted by Crippen LogP contribution is 2.53. The topological polar surface area (TPSA) is 112 Å². The van der Waals surface area contributed by atoms with Crippen molar-refractivity contribution in [3.05, 3.63) is 138 Å². The molecule has 2 atom stereocenters. The zero-order valence-electron chi connectivity index (χ0n) is 26.2. The van der Waals surface area contributed by atoms with Crippen molar-refractivity contribution >= 4 is 19.6 Å². The zero-order valence-corrected chi connectivity index (χ0v) is 27.1. The largest absolute Gasteiger partial charge is 0.489 e. The number of carbonyl (C=O) groups is 2. The van der Waals surface area contributed by atoms with Gasteiger partial charge in [0.05, 0.1) is 13.2 Å². The normalized spacial score (nSPS) is 12.5. The van der Waals surface area contributed by atoms with Gasteiger partial charge in [-0.25, -0.2) is 4.79 Å². The summed E-state index contributed by atoms with van der Waals surface area (Å²) in [7, 11) is -3.83. The Bertz CT molecular complexity index is 1530. The van der Waals surface area contributed by atoms with Crippen molar-refractivity contribution in [1.29, 1.82) is 0 Å². The Morgan fingerprint density at radius 3 is 1.67 bits per heavy atom. The SMILES string of the molecule is CCOP(=O)(OCC)C(Cc1ccc(OCc2ccccc2)cc1)NC(=O)[C@H](Cc1ccccc1)NC(=O)OCc1ccccc1. The van der Waals surface area contributed by atoms with Crippen LogP contribution in [0.15, 0.2) is 115 Å². The summed E-state index contributed by atoms with van der Waals surface area (Å²) in [4.78, 5) is 26.7. The third-order valence-electron chi connectivity index (χ3n) is 7.01. The van der Waals surface area contributed by atoms with Crippen LogP contribution in [0.4, 0.5) is 4.79 Å².